The second-order valence-corrected chi connectivity index (χ2v) is 6.53. The molecule has 26 heavy (non-hydrogen) atoms. The third-order valence-corrected chi connectivity index (χ3v) is 4.75. The number of fused-ring (bicyclic) bond motifs is 1. The molecule has 2 unspecified atom stereocenters. The standard InChI is InChI=1S/C14H18N2O2.C6H4F2/c17-14(18-9-10-4-2-1-3-5-10)16-8-13-11-6-15-7-12(11)13;7-5-2-1-3-6(8)4-5/h1-5,11-13,15H,6-9H2,(H,16,17);1-4H. The second-order valence-electron chi connectivity index (χ2n) is 6.53. The van der Waals surface area contributed by atoms with E-state index in [1.165, 1.54) is 18.2 Å². The van der Waals surface area contributed by atoms with E-state index in [0.717, 1.165) is 43.1 Å². The molecule has 0 bridgehead atoms. The molecule has 2 atom stereocenters. The van der Waals surface area contributed by atoms with Crippen LogP contribution in [-0.4, -0.2) is 25.7 Å². The topological polar surface area (TPSA) is 50.4 Å². The molecule has 1 aliphatic heterocycles. The summed E-state index contributed by atoms with van der Waals surface area (Å²) < 4.78 is 29.0. The largest absolute Gasteiger partial charge is 0.445 e. The molecule has 1 aliphatic carbocycles. The summed E-state index contributed by atoms with van der Waals surface area (Å²) in [5.74, 6) is 1.14. The Morgan fingerprint density at radius 3 is 2.27 bits per heavy atom. The Morgan fingerprint density at radius 2 is 1.69 bits per heavy atom. The minimum absolute atomic E-state index is 0.309. The lowest BCUT2D eigenvalue weighted by molar-refractivity contribution is 0.139. The van der Waals surface area contributed by atoms with Crippen molar-refractivity contribution in [2.75, 3.05) is 19.6 Å². The molecular weight excluding hydrogens is 338 g/mol. The van der Waals surface area contributed by atoms with Crippen molar-refractivity contribution in [3.63, 3.8) is 0 Å². The molecule has 4 rings (SSSR count). The maximum absolute atomic E-state index is 11.9. The van der Waals surface area contributed by atoms with E-state index in [0.29, 0.717) is 12.5 Å². The molecule has 1 amide bonds. The van der Waals surface area contributed by atoms with Crippen molar-refractivity contribution in [1.82, 2.24) is 10.6 Å². The third-order valence-electron chi connectivity index (χ3n) is 4.75. The molecule has 0 radical (unpaired) electrons. The van der Waals surface area contributed by atoms with Gasteiger partial charge in [-0.25, -0.2) is 13.6 Å². The van der Waals surface area contributed by atoms with Crippen molar-refractivity contribution in [3.8, 4) is 0 Å². The summed E-state index contributed by atoms with van der Waals surface area (Å²) in [5.41, 5.74) is 1.01. The molecule has 2 fully saturated rings. The second kappa shape index (κ2) is 8.76. The fourth-order valence-corrected chi connectivity index (χ4v) is 3.28. The van der Waals surface area contributed by atoms with Crippen molar-refractivity contribution in [1.29, 1.82) is 0 Å². The van der Waals surface area contributed by atoms with Crippen LogP contribution in [0.15, 0.2) is 54.6 Å². The van der Waals surface area contributed by atoms with E-state index in [1.807, 2.05) is 30.3 Å². The maximum Gasteiger partial charge on any atom is 0.407 e. The summed E-state index contributed by atoms with van der Waals surface area (Å²) in [6.07, 6.45) is -0.309. The number of ether oxygens (including phenoxy) is 1. The zero-order valence-electron chi connectivity index (χ0n) is 14.3. The van der Waals surface area contributed by atoms with Gasteiger partial charge in [-0.3, -0.25) is 0 Å². The molecular formula is C20H22F2N2O2. The number of amides is 1. The maximum atomic E-state index is 11.9. The van der Waals surface area contributed by atoms with Gasteiger partial charge in [-0.15, -0.1) is 0 Å². The van der Waals surface area contributed by atoms with Crippen LogP contribution in [0, 0.1) is 29.4 Å². The lowest BCUT2D eigenvalue weighted by Crippen LogP contribution is -2.29. The number of halogens is 2. The molecule has 1 saturated carbocycles. The Balaban J connectivity index is 0.000000206. The molecule has 0 spiro atoms. The number of piperidine rings is 1. The number of hydrogen-bond acceptors (Lipinski definition) is 3. The van der Waals surface area contributed by atoms with Crippen LogP contribution < -0.4 is 10.6 Å². The monoisotopic (exact) mass is 360 g/mol. The van der Waals surface area contributed by atoms with Gasteiger partial charge in [0.05, 0.1) is 0 Å². The summed E-state index contributed by atoms with van der Waals surface area (Å²) in [6, 6.07) is 14.3. The van der Waals surface area contributed by atoms with E-state index >= 15 is 0 Å². The Morgan fingerprint density at radius 1 is 1.04 bits per heavy atom. The van der Waals surface area contributed by atoms with Crippen molar-refractivity contribution in [2.45, 2.75) is 6.61 Å². The molecule has 6 heteroatoms. The quantitative estimate of drug-likeness (QED) is 0.879. The highest BCUT2D eigenvalue weighted by molar-refractivity contribution is 5.67. The molecule has 138 valence electrons. The van der Waals surface area contributed by atoms with Crippen LogP contribution >= 0.6 is 0 Å². The average molecular weight is 360 g/mol. The van der Waals surface area contributed by atoms with Crippen LogP contribution in [0.5, 0.6) is 0 Å². The van der Waals surface area contributed by atoms with E-state index in [9.17, 15) is 13.6 Å². The minimum atomic E-state index is -0.537. The third kappa shape index (κ3) is 5.26. The van der Waals surface area contributed by atoms with Crippen LogP contribution in [0.4, 0.5) is 13.6 Å². The Labute approximate surface area is 151 Å². The fourth-order valence-electron chi connectivity index (χ4n) is 3.28. The van der Waals surface area contributed by atoms with Crippen LogP contribution in [0.25, 0.3) is 0 Å². The zero-order valence-corrected chi connectivity index (χ0v) is 14.3. The molecule has 1 saturated heterocycles. The predicted octanol–water partition coefficient (Wildman–Crippen LogP) is 3.34. The Bertz CT molecular complexity index is 700. The summed E-state index contributed by atoms with van der Waals surface area (Å²) in [5, 5.41) is 6.20. The van der Waals surface area contributed by atoms with Crippen LogP contribution in [-0.2, 0) is 11.3 Å². The molecule has 2 N–H and O–H groups in total. The number of rotatable bonds is 4. The first-order valence-electron chi connectivity index (χ1n) is 8.70. The van der Waals surface area contributed by atoms with Gasteiger partial charge in [-0.2, -0.15) is 0 Å². The van der Waals surface area contributed by atoms with Gasteiger partial charge in [0.1, 0.15) is 18.2 Å². The number of carbonyl (C=O) groups is 1. The van der Waals surface area contributed by atoms with E-state index in [-0.39, 0.29) is 6.09 Å². The van der Waals surface area contributed by atoms with Gasteiger partial charge in [0, 0.05) is 12.6 Å². The van der Waals surface area contributed by atoms with Gasteiger partial charge in [0.2, 0.25) is 0 Å². The fraction of sp³-hybridized carbons (Fsp3) is 0.350. The molecule has 2 aromatic rings. The summed E-state index contributed by atoms with van der Waals surface area (Å²) >= 11 is 0. The van der Waals surface area contributed by atoms with Crippen LogP contribution in [0.3, 0.4) is 0 Å². The van der Waals surface area contributed by atoms with Crippen molar-refractivity contribution < 1.29 is 18.3 Å². The summed E-state index contributed by atoms with van der Waals surface area (Å²) in [4.78, 5) is 11.5. The number of alkyl carbamates (subject to hydrolysis) is 1. The Hall–Kier alpha value is -2.47. The first-order chi connectivity index (χ1) is 12.6. The van der Waals surface area contributed by atoms with Gasteiger partial charge in [-0.1, -0.05) is 36.4 Å². The number of benzene rings is 2. The van der Waals surface area contributed by atoms with E-state index < -0.39 is 11.6 Å². The van der Waals surface area contributed by atoms with Crippen molar-refractivity contribution in [2.24, 2.45) is 17.8 Å². The molecule has 4 nitrogen and oxygen atoms in total. The van der Waals surface area contributed by atoms with E-state index in [2.05, 4.69) is 10.6 Å². The predicted molar refractivity (Wildman–Crippen MR) is 94.3 cm³/mol. The van der Waals surface area contributed by atoms with Crippen LogP contribution in [0.2, 0.25) is 0 Å². The van der Waals surface area contributed by atoms with E-state index in [1.54, 1.807) is 0 Å². The molecule has 2 aromatic carbocycles. The normalized spacial score (nSPS) is 22.6. The van der Waals surface area contributed by atoms with Gasteiger partial charge in [0.15, 0.2) is 0 Å². The number of hydrogen-bond donors (Lipinski definition) is 2. The number of carbonyl (C=O) groups excluding carboxylic acids is 1. The SMILES string of the molecule is Fc1cccc(F)c1.O=C(NCC1C2CNCC21)OCc1ccccc1. The van der Waals surface area contributed by atoms with Crippen molar-refractivity contribution in [3.05, 3.63) is 71.8 Å². The van der Waals surface area contributed by atoms with E-state index in [4.69, 9.17) is 4.74 Å². The molecule has 0 aromatic heterocycles. The molecule has 1 heterocycles. The summed E-state index contributed by atoms with van der Waals surface area (Å²) in [6.45, 7) is 3.31. The minimum Gasteiger partial charge on any atom is -0.445 e. The lowest BCUT2D eigenvalue weighted by atomic mass is 10.2. The number of nitrogens with one attached hydrogen (secondary N) is 2. The highest BCUT2D eigenvalue weighted by Gasteiger charge is 2.52. The Kier molecular flexibility index (Phi) is 6.17. The first kappa shape index (κ1) is 18.3. The smallest absolute Gasteiger partial charge is 0.407 e. The van der Waals surface area contributed by atoms with Gasteiger partial charge >= 0.3 is 6.09 Å². The highest BCUT2D eigenvalue weighted by atomic mass is 19.1. The van der Waals surface area contributed by atoms with Crippen LogP contribution in [0.1, 0.15) is 5.56 Å². The average Bonchev–Trinajstić information content (AvgIpc) is 3.07. The van der Waals surface area contributed by atoms with Gasteiger partial charge < -0.3 is 15.4 Å². The lowest BCUT2D eigenvalue weighted by Gasteiger charge is -2.08. The summed E-state index contributed by atoms with van der Waals surface area (Å²) in [7, 11) is 0. The molecule has 2 aliphatic rings. The van der Waals surface area contributed by atoms with Gasteiger partial charge in [-0.05, 0) is 48.5 Å². The first-order valence-corrected chi connectivity index (χ1v) is 8.70. The van der Waals surface area contributed by atoms with Crippen molar-refractivity contribution >= 4 is 6.09 Å². The zero-order chi connectivity index (χ0) is 18.4. The highest BCUT2D eigenvalue weighted by Crippen LogP contribution is 2.47. The van der Waals surface area contributed by atoms with Gasteiger partial charge in [0.25, 0.3) is 0 Å².